The predicted molar refractivity (Wildman–Crippen MR) is 105 cm³/mol. The van der Waals surface area contributed by atoms with Gasteiger partial charge in [0.1, 0.15) is 0 Å². The Morgan fingerprint density at radius 3 is 1.18 bits per heavy atom. The van der Waals surface area contributed by atoms with Crippen LogP contribution >= 0.6 is 0 Å². The summed E-state index contributed by atoms with van der Waals surface area (Å²) >= 11 is 0. The molecule has 0 bridgehead atoms. The topological polar surface area (TPSA) is 25.8 Å². The lowest BCUT2D eigenvalue weighted by Crippen LogP contribution is -2.24. The average Bonchev–Trinajstić information content (AvgIpc) is 2.26. The fourth-order valence-corrected chi connectivity index (χ4v) is 7.66. The number of hydrogen-bond acceptors (Lipinski definition) is 2. The van der Waals surface area contributed by atoms with E-state index in [1.807, 2.05) is 0 Å². The van der Waals surface area contributed by atoms with Gasteiger partial charge < -0.3 is 0 Å². The van der Waals surface area contributed by atoms with Gasteiger partial charge in [-0.25, -0.2) is 0 Å². The van der Waals surface area contributed by atoms with Gasteiger partial charge in [0.2, 0.25) is 0 Å². The van der Waals surface area contributed by atoms with E-state index in [9.17, 15) is 0 Å². The van der Waals surface area contributed by atoms with Gasteiger partial charge >= 0.3 is 0 Å². The van der Waals surface area contributed by atoms with Crippen LogP contribution in [-0.4, -0.2) is 26.1 Å². The first kappa shape index (κ1) is 19.6. The number of rotatable bonds is 6. The molecule has 0 saturated carbocycles. The van der Waals surface area contributed by atoms with E-state index in [2.05, 4.69) is 67.0 Å². The Morgan fingerprint density at radius 1 is 0.682 bits per heavy atom. The second kappa shape index (κ2) is 6.95. The molecule has 1 heterocycles. The largest absolute Gasteiger partial charge is 0.254 e. The van der Waals surface area contributed by atoms with Crippen molar-refractivity contribution in [2.24, 2.45) is 0 Å². The summed E-state index contributed by atoms with van der Waals surface area (Å²) in [5.41, 5.74) is 4.75. The highest BCUT2D eigenvalue weighted by molar-refractivity contribution is 6.76. The van der Waals surface area contributed by atoms with Crippen molar-refractivity contribution in [2.45, 2.75) is 90.9 Å². The standard InChI is InChI=1S/C18H36N2Si2/c1-13(11-21(5,6)7)17-15(3)20-18(16(4)19-17)14(2)12-22(8,9)10/h13-14H,11-12H2,1-10H3/t13-,14+. The third-order valence-corrected chi connectivity index (χ3v) is 7.76. The molecule has 1 rings (SSSR count). The SMILES string of the molecule is Cc1nc([C@@H](C)C[Si](C)(C)C)c(C)nc1[C@H](C)C[Si](C)(C)C. The van der Waals surface area contributed by atoms with Gasteiger partial charge in [-0.05, 0) is 37.8 Å². The Kier molecular flexibility index (Phi) is 6.18. The van der Waals surface area contributed by atoms with Crippen molar-refractivity contribution >= 4 is 16.1 Å². The third kappa shape index (κ3) is 5.96. The highest BCUT2D eigenvalue weighted by Crippen LogP contribution is 2.30. The Morgan fingerprint density at radius 2 is 0.955 bits per heavy atom. The first-order valence-electron chi connectivity index (χ1n) is 8.65. The summed E-state index contributed by atoms with van der Waals surface area (Å²) in [7, 11) is -2.15. The van der Waals surface area contributed by atoms with E-state index < -0.39 is 16.1 Å². The average molecular weight is 337 g/mol. The fourth-order valence-electron chi connectivity index (χ4n) is 3.60. The van der Waals surface area contributed by atoms with E-state index in [1.54, 1.807) is 0 Å². The first-order chi connectivity index (χ1) is 9.80. The van der Waals surface area contributed by atoms with Crippen LogP contribution in [0.25, 0.3) is 0 Å². The van der Waals surface area contributed by atoms with Crippen LogP contribution in [0.15, 0.2) is 0 Å². The zero-order valence-electron chi connectivity index (χ0n) is 16.5. The zero-order chi connectivity index (χ0) is 17.3. The maximum absolute atomic E-state index is 4.98. The van der Waals surface area contributed by atoms with E-state index in [0.717, 1.165) is 11.4 Å². The lowest BCUT2D eigenvalue weighted by molar-refractivity contribution is 0.725. The Hall–Kier alpha value is -0.486. The van der Waals surface area contributed by atoms with Crippen molar-refractivity contribution < 1.29 is 0 Å². The molecule has 1 aromatic heterocycles. The molecule has 0 unspecified atom stereocenters. The lowest BCUT2D eigenvalue weighted by atomic mass is 10.0. The van der Waals surface area contributed by atoms with E-state index in [-0.39, 0.29) is 0 Å². The molecule has 4 heteroatoms. The molecule has 0 amide bonds. The summed E-state index contributed by atoms with van der Waals surface area (Å²) in [6.07, 6.45) is 0. The summed E-state index contributed by atoms with van der Waals surface area (Å²) in [5.74, 6) is 1.05. The van der Waals surface area contributed by atoms with Crippen LogP contribution in [0.2, 0.25) is 51.4 Å². The number of aromatic nitrogens is 2. The predicted octanol–water partition coefficient (Wildman–Crippen LogP) is 5.98. The summed E-state index contributed by atoms with van der Waals surface area (Å²) in [4.78, 5) is 9.97. The smallest absolute Gasteiger partial charge is 0.0644 e. The first-order valence-corrected chi connectivity index (χ1v) is 16.1. The van der Waals surface area contributed by atoms with Gasteiger partial charge in [-0.15, -0.1) is 0 Å². The molecule has 0 aliphatic carbocycles. The van der Waals surface area contributed by atoms with Gasteiger partial charge in [-0.3, -0.25) is 9.97 Å². The van der Waals surface area contributed by atoms with E-state index in [1.165, 1.54) is 23.5 Å². The molecular formula is C18H36N2Si2. The van der Waals surface area contributed by atoms with Crippen molar-refractivity contribution in [3.63, 3.8) is 0 Å². The summed E-state index contributed by atoms with van der Waals surface area (Å²) in [5, 5.41) is 0. The van der Waals surface area contributed by atoms with Crippen molar-refractivity contribution in [3.05, 3.63) is 22.8 Å². The van der Waals surface area contributed by atoms with E-state index in [4.69, 9.17) is 9.97 Å². The molecule has 0 aromatic carbocycles. The van der Waals surface area contributed by atoms with Crippen LogP contribution < -0.4 is 0 Å². The highest BCUT2D eigenvalue weighted by Gasteiger charge is 2.25. The molecule has 126 valence electrons. The lowest BCUT2D eigenvalue weighted by Gasteiger charge is -2.25. The van der Waals surface area contributed by atoms with Crippen LogP contribution in [0, 0.1) is 13.8 Å². The second-order valence-corrected chi connectivity index (χ2v) is 20.6. The quantitative estimate of drug-likeness (QED) is 0.597. The molecule has 0 aliphatic heterocycles. The number of nitrogens with zero attached hydrogens (tertiary/aromatic N) is 2. The maximum atomic E-state index is 4.98. The van der Waals surface area contributed by atoms with E-state index in [0.29, 0.717) is 11.8 Å². The van der Waals surface area contributed by atoms with Crippen molar-refractivity contribution in [1.29, 1.82) is 0 Å². The molecular weight excluding hydrogens is 300 g/mol. The maximum Gasteiger partial charge on any atom is 0.0644 e. The molecule has 0 saturated heterocycles. The highest BCUT2D eigenvalue weighted by atomic mass is 28.3. The van der Waals surface area contributed by atoms with Crippen LogP contribution in [0.5, 0.6) is 0 Å². The van der Waals surface area contributed by atoms with Crippen molar-refractivity contribution in [3.8, 4) is 0 Å². The monoisotopic (exact) mass is 336 g/mol. The van der Waals surface area contributed by atoms with Crippen LogP contribution in [0.4, 0.5) is 0 Å². The van der Waals surface area contributed by atoms with Gasteiger partial charge in [0.05, 0.1) is 22.8 Å². The molecule has 0 aliphatic rings. The minimum Gasteiger partial charge on any atom is -0.254 e. The fraction of sp³-hybridized carbons (Fsp3) is 0.778. The van der Waals surface area contributed by atoms with Crippen LogP contribution in [-0.2, 0) is 0 Å². The summed E-state index contributed by atoms with van der Waals surface area (Å²) in [6.45, 7) is 23.5. The summed E-state index contributed by atoms with van der Waals surface area (Å²) in [6, 6.07) is 2.57. The molecule has 0 fully saturated rings. The molecule has 1 aromatic rings. The minimum absolute atomic E-state index is 0.527. The number of aryl methyl sites for hydroxylation is 2. The molecule has 0 N–H and O–H groups in total. The Labute approximate surface area is 140 Å². The molecule has 0 radical (unpaired) electrons. The summed E-state index contributed by atoms with van der Waals surface area (Å²) < 4.78 is 0. The van der Waals surface area contributed by atoms with Gasteiger partial charge in [0, 0.05) is 16.1 Å². The van der Waals surface area contributed by atoms with Gasteiger partial charge in [-0.1, -0.05) is 53.1 Å². The van der Waals surface area contributed by atoms with Crippen molar-refractivity contribution in [2.75, 3.05) is 0 Å². The van der Waals surface area contributed by atoms with Gasteiger partial charge in [-0.2, -0.15) is 0 Å². The zero-order valence-corrected chi connectivity index (χ0v) is 18.5. The Balaban J connectivity index is 3.06. The number of hydrogen-bond donors (Lipinski definition) is 0. The molecule has 2 nitrogen and oxygen atoms in total. The minimum atomic E-state index is -1.07. The third-order valence-electron chi connectivity index (χ3n) is 4.09. The molecule has 0 spiro atoms. The van der Waals surface area contributed by atoms with Gasteiger partial charge in [0.15, 0.2) is 0 Å². The Bertz CT molecular complexity index is 465. The molecule has 2 atom stereocenters. The normalized spacial score (nSPS) is 15.7. The van der Waals surface area contributed by atoms with Crippen molar-refractivity contribution in [1.82, 2.24) is 9.97 Å². The van der Waals surface area contributed by atoms with Crippen LogP contribution in [0.3, 0.4) is 0 Å². The second-order valence-electron chi connectivity index (χ2n) is 9.50. The van der Waals surface area contributed by atoms with E-state index >= 15 is 0 Å². The molecule has 22 heavy (non-hydrogen) atoms. The van der Waals surface area contributed by atoms with Crippen LogP contribution in [0.1, 0.15) is 48.5 Å². The van der Waals surface area contributed by atoms with Gasteiger partial charge in [0.25, 0.3) is 0 Å².